The smallest absolute Gasteiger partial charge is 0.165 e. The summed E-state index contributed by atoms with van der Waals surface area (Å²) >= 11 is 0. The van der Waals surface area contributed by atoms with Crippen molar-refractivity contribution in [2.24, 2.45) is 4.99 Å². The van der Waals surface area contributed by atoms with Crippen molar-refractivity contribution in [2.75, 3.05) is 7.05 Å². The van der Waals surface area contributed by atoms with Crippen LogP contribution in [0.5, 0.6) is 0 Å². The first kappa shape index (κ1) is 7.92. The van der Waals surface area contributed by atoms with Crippen molar-refractivity contribution < 1.29 is 4.79 Å². The molecule has 0 aromatic carbocycles. The van der Waals surface area contributed by atoms with E-state index in [0.717, 1.165) is 17.6 Å². The third kappa shape index (κ3) is 1.45. The summed E-state index contributed by atoms with van der Waals surface area (Å²) in [5.74, 6) is 0.186. The van der Waals surface area contributed by atoms with Gasteiger partial charge in [-0.15, -0.1) is 0 Å². The molecule has 0 aromatic rings. The second kappa shape index (κ2) is 3.28. The van der Waals surface area contributed by atoms with Gasteiger partial charge in [0.15, 0.2) is 5.78 Å². The molecule has 2 heteroatoms. The van der Waals surface area contributed by atoms with Crippen molar-refractivity contribution in [1.29, 1.82) is 0 Å². The van der Waals surface area contributed by atoms with E-state index in [1.54, 1.807) is 19.3 Å². The van der Waals surface area contributed by atoms with Crippen molar-refractivity contribution in [1.82, 2.24) is 0 Å². The molecule has 0 radical (unpaired) electrons. The molecular formula is C9H11NO. The topological polar surface area (TPSA) is 29.4 Å². The molecule has 0 N–H and O–H groups in total. The molecule has 0 atom stereocenters. The van der Waals surface area contributed by atoms with Crippen LogP contribution in [-0.4, -0.2) is 19.0 Å². The molecule has 0 spiro atoms. The van der Waals surface area contributed by atoms with Crippen LogP contribution in [0.3, 0.4) is 0 Å². The quantitative estimate of drug-likeness (QED) is 0.547. The summed E-state index contributed by atoms with van der Waals surface area (Å²) < 4.78 is 0. The predicted molar refractivity (Wildman–Crippen MR) is 45.9 cm³/mol. The van der Waals surface area contributed by atoms with Gasteiger partial charge < -0.3 is 0 Å². The molecule has 0 unspecified atom stereocenters. The highest BCUT2D eigenvalue weighted by atomic mass is 16.1. The van der Waals surface area contributed by atoms with E-state index in [1.165, 1.54) is 0 Å². The third-order valence-corrected chi connectivity index (χ3v) is 1.77. The van der Waals surface area contributed by atoms with Crippen LogP contribution in [0.1, 0.15) is 12.8 Å². The molecule has 1 rings (SSSR count). The molecule has 0 amide bonds. The molecule has 58 valence electrons. The Morgan fingerprint density at radius 1 is 1.55 bits per heavy atom. The zero-order valence-corrected chi connectivity index (χ0v) is 6.63. The highest BCUT2D eigenvalue weighted by Gasteiger charge is 2.18. The molecule has 1 aliphatic rings. The lowest BCUT2D eigenvalue weighted by molar-refractivity contribution is -0.114. The van der Waals surface area contributed by atoms with E-state index in [9.17, 15) is 4.79 Å². The number of rotatable bonds is 2. The Morgan fingerprint density at radius 3 is 2.82 bits per heavy atom. The van der Waals surface area contributed by atoms with Gasteiger partial charge in [0.2, 0.25) is 0 Å². The van der Waals surface area contributed by atoms with Gasteiger partial charge in [0.25, 0.3) is 0 Å². The Kier molecular flexibility index (Phi) is 2.36. The summed E-state index contributed by atoms with van der Waals surface area (Å²) in [6.45, 7) is 3.64. The van der Waals surface area contributed by atoms with Gasteiger partial charge in [-0.2, -0.15) is 0 Å². The lowest BCUT2D eigenvalue weighted by atomic mass is 10.1. The molecule has 0 saturated carbocycles. The largest absolute Gasteiger partial charge is 0.296 e. The molecular weight excluding hydrogens is 138 g/mol. The van der Waals surface area contributed by atoms with Crippen molar-refractivity contribution >= 4 is 12.0 Å². The fraction of sp³-hybridized carbons (Fsp3) is 0.333. The van der Waals surface area contributed by atoms with Crippen LogP contribution < -0.4 is 0 Å². The van der Waals surface area contributed by atoms with Gasteiger partial charge in [0.1, 0.15) is 0 Å². The first-order valence-electron chi connectivity index (χ1n) is 3.60. The molecule has 0 heterocycles. The number of aliphatic imine (C=N–C) groups is 1. The normalized spacial score (nSPS) is 18.5. The van der Waals surface area contributed by atoms with E-state index in [-0.39, 0.29) is 5.78 Å². The van der Waals surface area contributed by atoms with Crippen molar-refractivity contribution in [3.05, 3.63) is 23.8 Å². The number of allylic oxidation sites excluding steroid dienone is 3. The van der Waals surface area contributed by atoms with Crippen LogP contribution in [0, 0.1) is 0 Å². The van der Waals surface area contributed by atoms with Crippen LogP contribution in [0.25, 0.3) is 0 Å². The number of hydrogen-bond acceptors (Lipinski definition) is 2. The first-order valence-corrected chi connectivity index (χ1v) is 3.60. The average molecular weight is 149 g/mol. The molecule has 0 fully saturated rings. The summed E-state index contributed by atoms with van der Waals surface area (Å²) in [7, 11) is 1.67. The monoisotopic (exact) mass is 149 g/mol. The number of ketones is 1. The fourth-order valence-corrected chi connectivity index (χ4v) is 1.19. The maximum absolute atomic E-state index is 11.1. The van der Waals surface area contributed by atoms with E-state index in [1.807, 2.05) is 0 Å². The molecule has 11 heavy (non-hydrogen) atoms. The van der Waals surface area contributed by atoms with Crippen LogP contribution in [0.2, 0.25) is 0 Å². The Hall–Kier alpha value is -1.18. The van der Waals surface area contributed by atoms with E-state index in [2.05, 4.69) is 11.6 Å². The average Bonchev–Trinajstić information content (AvgIpc) is 2.34. The highest BCUT2D eigenvalue weighted by Crippen LogP contribution is 2.21. The summed E-state index contributed by atoms with van der Waals surface area (Å²) in [4.78, 5) is 15.0. The second-order valence-electron chi connectivity index (χ2n) is 2.45. The van der Waals surface area contributed by atoms with Crippen molar-refractivity contribution in [3.8, 4) is 0 Å². The minimum atomic E-state index is 0.186. The van der Waals surface area contributed by atoms with E-state index >= 15 is 0 Å². The Labute approximate surface area is 66.3 Å². The Bertz CT molecular complexity index is 248. The van der Waals surface area contributed by atoms with Gasteiger partial charge in [-0.3, -0.25) is 9.79 Å². The third-order valence-electron chi connectivity index (χ3n) is 1.77. The minimum Gasteiger partial charge on any atom is -0.296 e. The highest BCUT2D eigenvalue weighted by molar-refractivity contribution is 6.16. The zero-order valence-electron chi connectivity index (χ0n) is 6.63. The fourth-order valence-electron chi connectivity index (χ4n) is 1.19. The number of hydrogen-bond donors (Lipinski definition) is 0. The Morgan fingerprint density at radius 2 is 2.27 bits per heavy atom. The number of Topliss-reactive ketones (excluding diaryl/α,β-unsaturated/α-hetero) is 1. The predicted octanol–water partition coefficient (Wildman–Crippen LogP) is 1.53. The number of carbonyl (C=O) groups is 1. The lowest BCUT2D eigenvalue weighted by Crippen LogP contribution is -1.96. The standard InChI is InChI=1S/C9H11NO/c1-3-7-4-5-9(11)8(7)6-10-2/h3,6H,1,4-5H2,2H3. The second-order valence-corrected chi connectivity index (χ2v) is 2.45. The van der Waals surface area contributed by atoms with Gasteiger partial charge in [0.05, 0.1) is 0 Å². The first-order chi connectivity index (χ1) is 5.29. The summed E-state index contributed by atoms with van der Waals surface area (Å²) in [6.07, 6.45) is 4.79. The van der Waals surface area contributed by atoms with E-state index in [4.69, 9.17) is 0 Å². The molecule has 0 saturated heterocycles. The number of nitrogens with zero attached hydrogens (tertiary/aromatic N) is 1. The van der Waals surface area contributed by atoms with Gasteiger partial charge in [0, 0.05) is 25.3 Å². The molecule has 0 bridgehead atoms. The van der Waals surface area contributed by atoms with E-state index in [0.29, 0.717) is 6.42 Å². The lowest BCUT2D eigenvalue weighted by Gasteiger charge is -1.91. The van der Waals surface area contributed by atoms with Crippen LogP contribution in [-0.2, 0) is 4.79 Å². The molecule has 2 nitrogen and oxygen atoms in total. The molecule has 0 aromatic heterocycles. The van der Waals surface area contributed by atoms with Gasteiger partial charge in [-0.25, -0.2) is 0 Å². The molecule has 0 aliphatic heterocycles. The summed E-state index contributed by atoms with van der Waals surface area (Å²) in [5, 5.41) is 0. The summed E-state index contributed by atoms with van der Waals surface area (Å²) in [5.41, 5.74) is 1.77. The SMILES string of the molecule is C=CC1=C(C=NC)C(=O)CC1. The van der Waals surface area contributed by atoms with Crippen molar-refractivity contribution in [2.45, 2.75) is 12.8 Å². The van der Waals surface area contributed by atoms with Gasteiger partial charge in [-0.1, -0.05) is 12.7 Å². The Balaban J connectivity index is 2.98. The summed E-state index contributed by atoms with van der Waals surface area (Å²) in [6, 6.07) is 0. The van der Waals surface area contributed by atoms with Crippen LogP contribution >= 0.6 is 0 Å². The van der Waals surface area contributed by atoms with Gasteiger partial charge >= 0.3 is 0 Å². The molecule has 1 aliphatic carbocycles. The maximum Gasteiger partial charge on any atom is 0.165 e. The maximum atomic E-state index is 11.1. The zero-order chi connectivity index (χ0) is 8.27. The van der Waals surface area contributed by atoms with Gasteiger partial charge in [-0.05, 0) is 12.0 Å². The number of carbonyl (C=O) groups excluding carboxylic acids is 1. The van der Waals surface area contributed by atoms with Crippen LogP contribution in [0.4, 0.5) is 0 Å². The van der Waals surface area contributed by atoms with E-state index < -0.39 is 0 Å². The minimum absolute atomic E-state index is 0.186. The van der Waals surface area contributed by atoms with Crippen LogP contribution in [0.15, 0.2) is 28.8 Å². The van der Waals surface area contributed by atoms with Crippen molar-refractivity contribution in [3.63, 3.8) is 0 Å².